The Bertz CT molecular complexity index is 454. The number of benzene rings is 1. The lowest BCUT2D eigenvalue weighted by atomic mass is 10.0. The van der Waals surface area contributed by atoms with E-state index in [2.05, 4.69) is 23.2 Å². The number of hydrogen-bond donors (Lipinski definition) is 1. The average molecular weight is 301 g/mol. The summed E-state index contributed by atoms with van der Waals surface area (Å²) >= 11 is 0. The zero-order valence-corrected chi connectivity index (χ0v) is 12.5. The van der Waals surface area contributed by atoms with Crippen LogP contribution in [0.5, 0.6) is 0 Å². The third-order valence-electron chi connectivity index (χ3n) is 3.95. The molecule has 1 saturated heterocycles. The van der Waals surface area contributed by atoms with Crippen molar-refractivity contribution in [2.75, 3.05) is 44.7 Å². The van der Waals surface area contributed by atoms with E-state index in [1.807, 2.05) is 25.2 Å². The maximum atomic E-state index is 12.4. The highest BCUT2D eigenvalue weighted by atomic mass is 19.4. The monoisotopic (exact) mass is 301 g/mol. The van der Waals surface area contributed by atoms with E-state index in [0.29, 0.717) is 26.2 Å². The minimum atomic E-state index is -4.11. The Hall–Kier alpha value is -1.27. The summed E-state index contributed by atoms with van der Waals surface area (Å²) in [4.78, 5) is 3.65. The van der Waals surface area contributed by atoms with Gasteiger partial charge in [-0.25, -0.2) is 0 Å². The van der Waals surface area contributed by atoms with Gasteiger partial charge in [0.2, 0.25) is 0 Å². The number of para-hydroxylation sites is 1. The molecular formula is C15H22F3N3. The molecule has 0 aromatic heterocycles. The standard InChI is InChI=1S/C15H22F3N3/c1-12(19-2)13-5-3-4-6-14(13)21-9-7-20(8-10-21)11-15(16,17)18/h3-6,12,19H,7-11H2,1-2H3. The summed E-state index contributed by atoms with van der Waals surface area (Å²) in [5.41, 5.74) is 2.30. The van der Waals surface area contributed by atoms with E-state index < -0.39 is 12.7 Å². The number of halogens is 3. The van der Waals surface area contributed by atoms with Gasteiger partial charge in [-0.3, -0.25) is 4.90 Å². The Kier molecular flexibility index (Phi) is 5.11. The molecule has 1 unspecified atom stereocenters. The van der Waals surface area contributed by atoms with Crippen molar-refractivity contribution in [2.45, 2.75) is 19.1 Å². The minimum Gasteiger partial charge on any atom is -0.369 e. The van der Waals surface area contributed by atoms with Crippen molar-refractivity contribution in [2.24, 2.45) is 0 Å². The Balaban J connectivity index is 2.03. The van der Waals surface area contributed by atoms with Crippen LogP contribution in [0.1, 0.15) is 18.5 Å². The van der Waals surface area contributed by atoms with Gasteiger partial charge in [-0.05, 0) is 25.6 Å². The fraction of sp³-hybridized carbons (Fsp3) is 0.600. The Morgan fingerprint density at radius 1 is 1.14 bits per heavy atom. The van der Waals surface area contributed by atoms with Crippen LogP contribution in [0.25, 0.3) is 0 Å². The van der Waals surface area contributed by atoms with Crippen LogP contribution < -0.4 is 10.2 Å². The second-order valence-electron chi connectivity index (χ2n) is 5.45. The van der Waals surface area contributed by atoms with Crippen LogP contribution in [-0.4, -0.2) is 50.8 Å². The molecule has 0 spiro atoms. The summed E-state index contributed by atoms with van der Waals surface area (Å²) < 4.78 is 37.2. The van der Waals surface area contributed by atoms with Crippen LogP contribution in [0.2, 0.25) is 0 Å². The molecule has 1 aromatic rings. The van der Waals surface area contributed by atoms with Crippen molar-refractivity contribution in [1.82, 2.24) is 10.2 Å². The highest BCUT2D eigenvalue weighted by Gasteiger charge is 2.32. The summed E-state index contributed by atoms with van der Waals surface area (Å²) in [6.45, 7) is 3.42. The molecule has 0 radical (unpaired) electrons. The van der Waals surface area contributed by atoms with Gasteiger partial charge < -0.3 is 10.2 Å². The van der Waals surface area contributed by atoms with Gasteiger partial charge in [0, 0.05) is 37.9 Å². The topological polar surface area (TPSA) is 18.5 Å². The van der Waals surface area contributed by atoms with E-state index in [1.54, 1.807) is 0 Å². The van der Waals surface area contributed by atoms with Crippen molar-refractivity contribution >= 4 is 5.69 Å². The molecule has 21 heavy (non-hydrogen) atoms. The van der Waals surface area contributed by atoms with E-state index in [0.717, 1.165) is 5.69 Å². The number of nitrogens with zero attached hydrogens (tertiary/aromatic N) is 2. The summed E-state index contributed by atoms with van der Waals surface area (Å²) in [6, 6.07) is 8.30. The number of hydrogen-bond acceptors (Lipinski definition) is 3. The maximum absolute atomic E-state index is 12.4. The molecule has 1 N–H and O–H groups in total. The molecule has 1 atom stereocenters. The van der Waals surface area contributed by atoms with Gasteiger partial charge in [0.05, 0.1) is 6.54 Å². The molecule has 3 nitrogen and oxygen atoms in total. The van der Waals surface area contributed by atoms with Gasteiger partial charge >= 0.3 is 6.18 Å². The molecular weight excluding hydrogens is 279 g/mol. The van der Waals surface area contributed by atoms with Crippen molar-refractivity contribution in [1.29, 1.82) is 0 Å². The predicted octanol–water partition coefficient (Wildman–Crippen LogP) is 2.65. The third kappa shape index (κ3) is 4.35. The van der Waals surface area contributed by atoms with Crippen LogP contribution in [0.15, 0.2) is 24.3 Å². The summed E-state index contributed by atoms with van der Waals surface area (Å²) in [5, 5.41) is 3.21. The highest BCUT2D eigenvalue weighted by Crippen LogP contribution is 2.27. The van der Waals surface area contributed by atoms with E-state index in [-0.39, 0.29) is 6.04 Å². The van der Waals surface area contributed by atoms with Gasteiger partial charge in [0.1, 0.15) is 0 Å². The van der Waals surface area contributed by atoms with Crippen LogP contribution in [0, 0.1) is 0 Å². The van der Waals surface area contributed by atoms with Crippen molar-refractivity contribution in [3.63, 3.8) is 0 Å². The van der Waals surface area contributed by atoms with Crippen LogP contribution >= 0.6 is 0 Å². The third-order valence-corrected chi connectivity index (χ3v) is 3.95. The number of alkyl halides is 3. The average Bonchev–Trinajstić information content (AvgIpc) is 2.45. The fourth-order valence-electron chi connectivity index (χ4n) is 2.70. The SMILES string of the molecule is CNC(C)c1ccccc1N1CCN(CC(F)(F)F)CC1. The molecule has 6 heteroatoms. The van der Waals surface area contributed by atoms with Crippen LogP contribution in [-0.2, 0) is 0 Å². The van der Waals surface area contributed by atoms with Crippen molar-refractivity contribution in [3.05, 3.63) is 29.8 Å². The lowest BCUT2D eigenvalue weighted by molar-refractivity contribution is -0.146. The molecule has 0 aliphatic carbocycles. The highest BCUT2D eigenvalue weighted by molar-refractivity contribution is 5.55. The maximum Gasteiger partial charge on any atom is 0.401 e. The van der Waals surface area contributed by atoms with Gasteiger partial charge in [-0.2, -0.15) is 13.2 Å². The van der Waals surface area contributed by atoms with Gasteiger partial charge in [0.25, 0.3) is 0 Å². The number of anilines is 1. The van der Waals surface area contributed by atoms with Gasteiger partial charge in [-0.1, -0.05) is 18.2 Å². The van der Waals surface area contributed by atoms with Gasteiger partial charge in [-0.15, -0.1) is 0 Å². The molecule has 2 rings (SSSR count). The fourth-order valence-corrected chi connectivity index (χ4v) is 2.70. The smallest absolute Gasteiger partial charge is 0.369 e. The van der Waals surface area contributed by atoms with Gasteiger partial charge in [0.15, 0.2) is 0 Å². The predicted molar refractivity (Wildman–Crippen MR) is 78.6 cm³/mol. The lowest BCUT2D eigenvalue weighted by Gasteiger charge is -2.37. The quantitative estimate of drug-likeness (QED) is 0.922. The Morgan fingerprint density at radius 3 is 2.33 bits per heavy atom. The Morgan fingerprint density at radius 2 is 1.76 bits per heavy atom. The van der Waals surface area contributed by atoms with Crippen LogP contribution in [0.3, 0.4) is 0 Å². The molecule has 1 aliphatic rings. The zero-order chi connectivity index (χ0) is 15.5. The second-order valence-corrected chi connectivity index (χ2v) is 5.45. The first-order valence-corrected chi connectivity index (χ1v) is 7.21. The molecule has 1 fully saturated rings. The first-order chi connectivity index (χ1) is 9.90. The number of rotatable bonds is 4. The molecule has 1 heterocycles. The summed E-state index contributed by atoms with van der Waals surface area (Å²) in [7, 11) is 1.91. The number of piperazine rings is 1. The van der Waals surface area contributed by atoms with E-state index in [4.69, 9.17) is 0 Å². The van der Waals surface area contributed by atoms with Crippen molar-refractivity contribution < 1.29 is 13.2 Å². The largest absolute Gasteiger partial charge is 0.401 e. The van der Waals surface area contributed by atoms with E-state index in [9.17, 15) is 13.2 Å². The summed E-state index contributed by atoms with van der Waals surface area (Å²) in [5.74, 6) is 0. The number of nitrogens with one attached hydrogen (secondary N) is 1. The molecule has 118 valence electrons. The first-order valence-electron chi connectivity index (χ1n) is 7.21. The zero-order valence-electron chi connectivity index (χ0n) is 12.5. The van der Waals surface area contributed by atoms with Crippen LogP contribution in [0.4, 0.5) is 18.9 Å². The van der Waals surface area contributed by atoms with E-state index in [1.165, 1.54) is 10.5 Å². The molecule has 0 bridgehead atoms. The lowest BCUT2D eigenvalue weighted by Crippen LogP contribution is -2.49. The Labute approximate surface area is 123 Å². The molecule has 0 saturated carbocycles. The minimum absolute atomic E-state index is 0.217. The molecule has 0 amide bonds. The molecule has 1 aliphatic heterocycles. The van der Waals surface area contributed by atoms with E-state index >= 15 is 0 Å². The normalized spacial score (nSPS) is 18.8. The first kappa shape index (κ1) is 16.1. The summed E-state index contributed by atoms with van der Waals surface area (Å²) in [6.07, 6.45) is -4.11. The molecule has 1 aromatic carbocycles. The second kappa shape index (κ2) is 6.66. The van der Waals surface area contributed by atoms with Crippen molar-refractivity contribution in [3.8, 4) is 0 Å².